The van der Waals surface area contributed by atoms with Crippen LogP contribution in [0.2, 0.25) is 0 Å². The molecule has 1 aromatic rings. The van der Waals surface area contributed by atoms with Gasteiger partial charge in [0, 0.05) is 13.1 Å². The lowest BCUT2D eigenvalue weighted by atomic mass is 10.3. The molecule has 1 rings (SSSR count). The van der Waals surface area contributed by atoms with Crippen molar-refractivity contribution in [2.75, 3.05) is 13.2 Å². The van der Waals surface area contributed by atoms with Gasteiger partial charge in [-0.3, -0.25) is 9.78 Å². The summed E-state index contributed by atoms with van der Waals surface area (Å²) in [6.07, 6.45) is 1.74. The van der Waals surface area contributed by atoms with Crippen LogP contribution in [0.5, 0.6) is 5.75 Å². The molecule has 5 nitrogen and oxygen atoms in total. The van der Waals surface area contributed by atoms with Gasteiger partial charge in [0.15, 0.2) is 0 Å². The van der Waals surface area contributed by atoms with Crippen LogP contribution in [0, 0.1) is 0 Å². The van der Waals surface area contributed by atoms with Crippen LogP contribution in [0.3, 0.4) is 0 Å². The van der Waals surface area contributed by atoms with Gasteiger partial charge in [0.25, 0.3) is 0 Å². The highest BCUT2D eigenvalue weighted by Gasteiger charge is 2.00. The second-order valence-electron chi connectivity index (χ2n) is 3.24. The van der Waals surface area contributed by atoms with Crippen molar-refractivity contribution in [1.29, 1.82) is 0 Å². The van der Waals surface area contributed by atoms with Gasteiger partial charge in [-0.05, 0) is 19.1 Å². The molecule has 0 amide bonds. The molecule has 0 unspecified atom stereocenters. The standard InChI is InChI=1S/C11H16N2O3/c1-2-16-11(15)5-6-12-7-9-3-4-10(14)8-13-9/h3-4,8,12,14H,2,5-7H2,1H3. The van der Waals surface area contributed by atoms with E-state index in [1.807, 2.05) is 0 Å². The molecule has 0 aromatic carbocycles. The van der Waals surface area contributed by atoms with E-state index < -0.39 is 0 Å². The molecule has 2 N–H and O–H groups in total. The molecule has 0 radical (unpaired) electrons. The zero-order chi connectivity index (χ0) is 11.8. The normalized spacial score (nSPS) is 10.1. The third-order valence-electron chi connectivity index (χ3n) is 1.93. The average molecular weight is 224 g/mol. The molecule has 0 spiro atoms. The van der Waals surface area contributed by atoms with Crippen molar-refractivity contribution in [2.24, 2.45) is 0 Å². The molecule has 0 aliphatic carbocycles. The van der Waals surface area contributed by atoms with E-state index >= 15 is 0 Å². The second kappa shape index (κ2) is 6.79. The van der Waals surface area contributed by atoms with Gasteiger partial charge in [-0.2, -0.15) is 0 Å². The van der Waals surface area contributed by atoms with Crippen molar-refractivity contribution in [1.82, 2.24) is 10.3 Å². The molecule has 1 heterocycles. The molecule has 0 saturated carbocycles. The number of esters is 1. The number of hydrogen-bond acceptors (Lipinski definition) is 5. The fourth-order valence-electron chi connectivity index (χ4n) is 1.16. The fourth-order valence-corrected chi connectivity index (χ4v) is 1.16. The Hall–Kier alpha value is -1.62. The Morgan fingerprint density at radius 2 is 2.38 bits per heavy atom. The van der Waals surface area contributed by atoms with Crippen molar-refractivity contribution in [3.05, 3.63) is 24.0 Å². The molecule has 16 heavy (non-hydrogen) atoms. The largest absolute Gasteiger partial charge is 0.506 e. The Labute approximate surface area is 94.5 Å². The van der Waals surface area contributed by atoms with Gasteiger partial charge in [0.1, 0.15) is 5.75 Å². The Morgan fingerprint density at radius 1 is 1.56 bits per heavy atom. The summed E-state index contributed by atoms with van der Waals surface area (Å²) in [5, 5.41) is 12.1. The van der Waals surface area contributed by atoms with E-state index in [0.717, 1.165) is 5.69 Å². The minimum absolute atomic E-state index is 0.148. The summed E-state index contributed by atoms with van der Waals surface area (Å²) in [6, 6.07) is 3.31. The summed E-state index contributed by atoms with van der Waals surface area (Å²) in [5.41, 5.74) is 0.821. The van der Waals surface area contributed by atoms with Gasteiger partial charge in [-0.1, -0.05) is 0 Å². The number of aromatic hydroxyl groups is 1. The van der Waals surface area contributed by atoms with Crippen LogP contribution in [-0.2, 0) is 16.1 Å². The molecular weight excluding hydrogens is 208 g/mol. The third-order valence-corrected chi connectivity index (χ3v) is 1.93. The molecule has 0 fully saturated rings. The number of nitrogens with zero attached hydrogens (tertiary/aromatic N) is 1. The predicted molar refractivity (Wildman–Crippen MR) is 58.9 cm³/mol. The summed E-state index contributed by atoms with van der Waals surface area (Å²) in [4.78, 5) is 15.0. The highest BCUT2D eigenvalue weighted by atomic mass is 16.5. The number of pyridine rings is 1. The minimum atomic E-state index is -0.200. The van der Waals surface area contributed by atoms with Gasteiger partial charge in [0.05, 0.1) is 24.9 Å². The average Bonchev–Trinajstić information content (AvgIpc) is 2.27. The van der Waals surface area contributed by atoms with Gasteiger partial charge in [0.2, 0.25) is 0 Å². The molecule has 0 saturated heterocycles. The lowest BCUT2D eigenvalue weighted by Crippen LogP contribution is -2.19. The SMILES string of the molecule is CCOC(=O)CCNCc1ccc(O)cn1. The van der Waals surface area contributed by atoms with Crippen LogP contribution in [0.1, 0.15) is 19.0 Å². The molecule has 1 aromatic heterocycles. The first kappa shape index (κ1) is 12.4. The number of ether oxygens (including phenoxy) is 1. The number of aromatic nitrogens is 1. The maximum Gasteiger partial charge on any atom is 0.307 e. The van der Waals surface area contributed by atoms with Gasteiger partial charge in [-0.15, -0.1) is 0 Å². The number of rotatable bonds is 6. The maximum absolute atomic E-state index is 11.0. The second-order valence-corrected chi connectivity index (χ2v) is 3.24. The monoisotopic (exact) mass is 224 g/mol. The molecule has 88 valence electrons. The topological polar surface area (TPSA) is 71.5 Å². The molecule has 0 aliphatic heterocycles. The quantitative estimate of drug-likeness (QED) is 0.553. The van der Waals surface area contributed by atoms with Crippen LogP contribution in [0.15, 0.2) is 18.3 Å². The number of hydrogen-bond donors (Lipinski definition) is 2. The van der Waals surface area contributed by atoms with E-state index in [9.17, 15) is 4.79 Å². The van der Waals surface area contributed by atoms with Gasteiger partial charge in [-0.25, -0.2) is 0 Å². The minimum Gasteiger partial charge on any atom is -0.506 e. The Kier molecular flexibility index (Phi) is 5.28. The predicted octanol–water partition coefficient (Wildman–Crippen LogP) is 0.830. The summed E-state index contributed by atoms with van der Waals surface area (Å²) in [7, 11) is 0. The van der Waals surface area contributed by atoms with E-state index in [0.29, 0.717) is 26.1 Å². The molecule has 0 bridgehead atoms. The van der Waals surface area contributed by atoms with Crippen LogP contribution >= 0.6 is 0 Å². The Balaban J connectivity index is 2.16. The van der Waals surface area contributed by atoms with Gasteiger partial charge >= 0.3 is 5.97 Å². The first-order chi connectivity index (χ1) is 7.72. The van der Waals surface area contributed by atoms with Crippen molar-refractivity contribution in [2.45, 2.75) is 19.9 Å². The summed E-state index contributed by atoms with van der Waals surface area (Å²) in [5.74, 6) is -0.0519. The van der Waals surface area contributed by atoms with Crippen LogP contribution in [0.4, 0.5) is 0 Å². The molecule has 0 aliphatic rings. The lowest BCUT2D eigenvalue weighted by molar-refractivity contribution is -0.142. The Bertz CT molecular complexity index is 325. The molecule has 0 atom stereocenters. The van der Waals surface area contributed by atoms with Crippen molar-refractivity contribution in [3.8, 4) is 5.75 Å². The summed E-state index contributed by atoms with van der Waals surface area (Å²) < 4.78 is 4.78. The summed E-state index contributed by atoms with van der Waals surface area (Å²) >= 11 is 0. The lowest BCUT2D eigenvalue weighted by Gasteiger charge is -2.04. The number of carbonyl (C=O) groups is 1. The van der Waals surface area contributed by atoms with E-state index in [-0.39, 0.29) is 11.7 Å². The third kappa shape index (κ3) is 4.75. The van der Waals surface area contributed by atoms with Crippen molar-refractivity contribution >= 4 is 5.97 Å². The summed E-state index contributed by atoms with van der Waals surface area (Å²) in [6.45, 7) is 3.32. The highest BCUT2D eigenvalue weighted by molar-refractivity contribution is 5.69. The van der Waals surface area contributed by atoms with Crippen LogP contribution in [0.25, 0.3) is 0 Å². The first-order valence-corrected chi connectivity index (χ1v) is 5.22. The van der Waals surface area contributed by atoms with Gasteiger partial charge < -0.3 is 15.2 Å². The molecular formula is C11H16N2O3. The maximum atomic E-state index is 11.0. The first-order valence-electron chi connectivity index (χ1n) is 5.22. The van der Waals surface area contributed by atoms with E-state index in [4.69, 9.17) is 9.84 Å². The highest BCUT2D eigenvalue weighted by Crippen LogP contribution is 2.05. The van der Waals surface area contributed by atoms with Crippen molar-refractivity contribution in [3.63, 3.8) is 0 Å². The number of nitrogens with one attached hydrogen (secondary N) is 1. The van der Waals surface area contributed by atoms with Crippen LogP contribution in [-0.4, -0.2) is 29.2 Å². The van der Waals surface area contributed by atoms with Crippen molar-refractivity contribution < 1.29 is 14.6 Å². The molecule has 5 heteroatoms. The Morgan fingerprint density at radius 3 is 3.00 bits per heavy atom. The zero-order valence-electron chi connectivity index (χ0n) is 9.27. The van der Waals surface area contributed by atoms with Crippen LogP contribution < -0.4 is 5.32 Å². The smallest absolute Gasteiger partial charge is 0.307 e. The zero-order valence-corrected chi connectivity index (χ0v) is 9.27. The fraction of sp³-hybridized carbons (Fsp3) is 0.455. The van der Waals surface area contributed by atoms with E-state index in [2.05, 4.69) is 10.3 Å². The van der Waals surface area contributed by atoms with E-state index in [1.54, 1.807) is 19.1 Å². The number of carbonyl (C=O) groups excluding carboxylic acids is 1. The van der Waals surface area contributed by atoms with E-state index in [1.165, 1.54) is 6.20 Å².